The number of benzene rings is 1. The molecule has 3 nitrogen and oxygen atoms in total. The van der Waals surface area contributed by atoms with Crippen LogP contribution in [0.5, 0.6) is 0 Å². The Morgan fingerprint density at radius 1 is 1.42 bits per heavy atom. The van der Waals surface area contributed by atoms with Crippen LogP contribution < -0.4 is 0 Å². The summed E-state index contributed by atoms with van der Waals surface area (Å²) in [6.45, 7) is 4.06. The summed E-state index contributed by atoms with van der Waals surface area (Å²) in [5, 5.41) is 0. The van der Waals surface area contributed by atoms with Crippen LogP contribution in [0.1, 0.15) is 30.9 Å². The molecule has 0 fully saturated rings. The lowest BCUT2D eigenvalue weighted by molar-refractivity contribution is -0.138. The van der Waals surface area contributed by atoms with Gasteiger partial charge in [-0.05, 0) is 41.8 Å². The second-order valence-corrected chi connectivity index (χ2v) is 4.88. The minimum atomic E-state index is -0.377. The zero-order valence-electron chi connectivity index (χ0n) is 11.1. The largest absolute Gasteiger partial charge is 0.463 e. The van der Waals surface area contributed by atoms with Crippen LogP contribution in [-0.2, 0) is 14.3 Å². The SMILES string of the molecule is CCOC(=O)/C(CCC=O)=C(\Br)c1cccc(C)c1. The van der Waals surface area contributed by atoms with E-state index < -0.39 is 0 Å². The highest BCUT2D eigenvalue weighted by Crippen LogP contribution is 2.29. The molecule has 0 aliphatic rings. The van der Waals surface area contributed by atoms with Crippen molar-refractivity contribution in [2.24, 2.45) is 0 Å². The molecular weight excluding hydrogens is 308 g/mol. The van der Waals surface area contributed by atoms with Gasteiger partial charge in [0.05, 0.1) is 12.2 Å². The number of aldehydes is 1. The number of hydrogen-bond donors (Lipinski definition) is 0. The van der Waals surface area contributed by atoms with Crippen molar-refractivity contribution in [3.8, 4) is 0 Å². The Bertz CT molecular complexity index is 492. The summed E-state index contributed by atoms with van der Waals surface area (Å²) < 4.78 is 5.72. The second-order valence-electron chi connectivity index (χ2n) is 4.09. The molecule has 0 radical (unpaired) electrons. The third-order valence-electron chi connectivity index (χ3n) is 2.57. The Labute approximate surface area is 121 Å². The Hall–Kier alpha value is -1.42. The van der Waals surface area contributed by atoms with E-state index in [1.807, 2.05) is 31.2 Å². The van der Waals surface area contributed by atoms with Gasteiger partial charge in [-0.25, -0.2) is 4.79 Å². The molecule has 19 heavy (non-hydrogen) atoms. The van der Waals surface area contributed by atoms with E-state index in [1.54, 1.807) is 6.92 Å². The molecule has 102 valence electrons. The normalized spacial score (nSPS) is 11.7. The monoisotopic (exact) mass is 324 g/mol. The maximum Gasteiger partial charge on any atom is 0.335 e. The van der Waals surface area contributed by atoms with Crippen molar-refractivity contribution in [2.45, 2.75) is 26.7 Å². The van der Waals surface area contributed by atoms with Crippen molar-refractivity contribution in [2.75, 3.05) is 6.61 Å². The van der Waals surface area contributed by atoms with Crippen molar-refractivity contribution in [1.29, 1.82) is 0 Å². The lowest BCUT2D eigenvalue weighted by Gasteiger charge is -2.10. The lowest BCUT2D eigenvalue weighted by Crippen LogP contribution is -2.09. The first-order chi connectivity index (χ1) is 9.10. The van der Waals surface area contributed by atoms with Crippen molar-refractivity contribution in [1.82, 2.24) is 0 Å². The molecule has 0 N–H and O–H groups in total. The van der Waals surface area contributed by atoms with Crippen LogP contribution in [0.4, 0.5) is 0 Å². The summed E-state index contributed by atoms with van der Waals surface area (Å²) in [5.74, 6) is -0.377. The quantitative estimate of drug-likeness (QED) is 0.456. The van der Waals surface area contributed by atoms with Gasteiger partial charge in [-0.3, -0.25) is 0 Å². The third-order valence-corrected chi connectivity index (χ3v) is 3.51. The van der Waals surface area contributed by atoms with Crippen LogP contribution in [0.3, 0.4) is 0 Å². The summed E-state index contributed by atoms with van der Waals surface area (Å²) in [7, 11) is 0. The van der Waals surface area contributed by atoms with Crippen LogP contribution in [0.15, 0.2) is 29.8 Å². The molecule has 0 atom stereocenters. The van der Waals surface area contributed by atoms with E-state index >= 15 is 0 Å². The lowest BCUT2D eigenvalue weighted by atomic mass is 10.0. The van der Waals surface area contributed by atoms with E-state index in [9.17, 15) is 9.59 Å². The molecule has 0 spiro atoms. The summed E-state index contributed by atoms with van der Waals surface area (Å²) in [5.41, 5.74) is 2.52. The molecule has 0 aliphatic heterocycles. The van der Waals surface area contributed by atoms with Crippen LogP contribution >= 0.6 is 15.9 Å². The van der Waals surface area contributed by atoms with Gasteiger partial charge in [0, 0.05) is 10.9 Å². The van der Waals surface area contributed by atoms with Crippen molar-refractivity contribution < 1.29 is 14.3 Å². The fourth-order valence-corrected chi connectivity index (χ4v) is 2.29. The van der Waals surface area contributed by atoms with Crippen molar-refractivity contribution >= 4 is 32.7 Å². The van der Waals surface area contributed by atoms with E-state index in [2.05, 4.69) is 15.9 Å². The number of halogens is 1. The average Bonchev–Trinajstić information content (AvgIpc) is 2.39. The molecule has 0 amide bonds. The molecule has 0 saturated heterocycles. The smallest absolute Gasteiger partial charge is 0.335 e. The van der Waals surface area contributed by atoms with Crippen LogP contribution in [0.2, 0.25) is 0 Å². The second kappa shape index (κ2) is 7.89. The predicted octanol–water partition coefficient (Wildman–Crippen LogP) is 3.64. The number of carbonyl (C=O) groups is 2. The highest BCUT2D eigenvalue weighted by atomic mass is 79.9. The molecule has 0 aromatic heterocycles. The number of aryl methyl sites for hydroxylation is 1. The van der Waals surface area contributed by atoms with Gasteiger partial charge in [0.1, 0.15) is 6.29 Å². The van der Waals surface area contributed by atoms with Gasteiger partial charge in [0.25, 0.3) is 0 Å². The third kappa shape index (κ3) is 4.63. The molecule has 0 aliphatic carbocycles. The average molecular weight is 325 g/mol. The van der Waals surface area contributed by atoms with E-state index in [0.717, 1.165) is 17.4 Å². The van der Waals surface area contributed by atoms with Gasteiger partial charge in [0.15, 0.2) is 0 Å². The molecule has 1 rings (SSSR count). The number of esters is 1. The topological polar surface area (TPSA) is 43.4 Å². The van der Waals surface area contributed by atoms with Crippen LogP contribution in [-0.4, -0.2) is 18.9 Å². The van der Waals surface area contributed by atoms with Crippen molar-refractivity contribution in [3.05, 3.63) is 41.0 Å². The summed E-state index contributed by atoms with van der Waals surface area (Å²) in [6, 6.07) is 7.80. The molecule has 0 heterocycles. The predicted molar refractivity (Wildman–Crippen MR) is 79.0 cm³/mol. The maximum atomic E-state index is 11.9. The zero-order valence-corrected chi connectivity index (χ0v) is 12.7. The minimum Gasteiger partial charge on any atom is -0.463 e. The van der Waals surface area contributed by atoms with Gasteiger partial charge >= 0.3 is 5.97 Å². The van der Waals surface area contributed by atoms with Gasteiger partial charge in [0.2, 0.25) is 0 Å². The van der Waals surface area contributed by atoms with Crippen LogP contribution in [0.25, 0.3) is 4.48 Å². The van der Waals surface area contributed by atoms with Crippen LogP contribution in [0, 0.1) is 6.92 Å². The fourth-order valence-electron chi connectivity index (χ4n) is 1.68. The molecular formula is C15H17BrO3. The first-order valence-electron chi connectivity index (χ1n) is 6.16. The standard InChI is InChI=1S/C15H17BrO3/c1-3-19-15(18)13(8-5-9-17)14(16)12-7-4-6-11(2)10-12/h4,6-7,9-10H,3,5,8H2,1-2H3/b14-13-. The number of rotatable bonds is 6. The van der Waals surface area contributed by atoms with E-state index in [4.69, 9.17) is 4.74 Å². The van der Waals surface area contributed by atoms with Gasteiger partial charge in [-0.1, -0.05) is 29.8 Å². The Morgan fingerprint density at radius 3 is 2.74 bits per heavy atom. The summed E-state index contributed by atoms with van der Waals surface area (Å²) in [6.07, 6.45) is 1.47. The number of carbonyl (C=O) groups excluding carboxylic acids is 2. The highest BCUT2D eigenvalue weighted by molar-refractivity contribution is 9.15. The number of ether oxygens (including phenoxy) is 1. The Balaban J connectivity index is 3.14. The first-order valence-corrected chi connectivity index (χ1v) is 6.95. The Morgan fingerprint density at radius 2 is 2.16 bits per heavy atom. The van der Waals surface area contributed by atoms with Crippen molar-refractivity contribution in [3.63, 3.8) is 0 Å². The molecule has 1 aromatic rings. The van der Waals surface area contributed by atoms with Gasteiger partial charge in [-0.15, -0.1) is 0 Å². The molecule has 4 heteroatoms. The zero-order chi connectivity index (χ0) is 14.3. The highest BCUT2D eigenvalue weighted by Gasteiger charge is 2.16. The molecule has 0 saturated carbocycles. The van der Waals surface area contributed by atoms with E-state index in [0.29, 0.717) is 29.5 Å². The van der Waals surface area contributed by atoms with Gasteiger partial charge < -0.3 is 9.53 Å². The van der Waals surface area contributed by atoms with Gasteiger partial charge in [-0.2, -0.15) is 0 Å². The van der Waals surface area contributed by atoms with E-state index in [1.165, 1.54) is 0 Å². The molecule has 0 unspecified atom stereocenters. The molecule has 0 bridgehead atoms. The summed E-state index contributed by atoms with van der Waals surface area (Å²) >= 11 is 3.45. The minimum absolute atomic E-state index is 0.301. The fraction of sp³-hybridized carbons (Fsp3) is 0.333. The maximum absolute atomic E-state index is 11.9. The first kappa shape index (κ1) is 15.6. The van der Waals surface area contributed by atoms with E-state index in [-0.39, 0.29) is 5.97 Å². The molecule has 1 aromatic carbocycles. The number of hydrogen-bond acceptors (Lipinski definition) is 3. The summed E-state index contributed by atoms with van der Waals surface area (Å²) in [4.78, 5) is 22.4. The Kier molecular flexibility index (Phi) is 6.50.